The van der Waals surface area contributed by atoms with Crippen molar-refractivity contribution in [3.8, 4) is 10.6 Å². The Morgan fingerprint density at radius 3 is 2.52 bits per heavy atom. The number of amides is 2. The highest BCUT2D eigenvalue weighted by Gasteiger charge is 2.17. The summed E-state index contributed by atoms with van der Waals surface area (Å²) in [6.45, 7) is 6.28. The number of nitrogens with one attached hydrogen (secondary N) is 2. The Hall–Kier alpha value is -2.99. The van der Waals surface area contributed by atoms with Crippen LogP contribution in [0.2, 0.25) is 0 Å². The third kappa shape index (κ3) is 5.51. The fraction of sp³-hybridized carbons (Fsp3) is 0.261. The maximum atomic E-state index is 12.1. The first-order valence-corrected chi connectivity index (χ1v) is 10.4. The standard InChI is InChI=1S/C23H25N3O2S/c1-15-8-7-11-19(14-15)23-26-17(3)20(29-23)12-13-24-21(27)22(28)25-16(2)18-9-5-4-6-10-18/h4-11,14,16H,12-13H2,1-3H3,(H,24,27)(H,25,28). The van der Waals surface area contributed by atoms with Gasteiger partial charge in [0.25, 0.3) is 0 Å². The van der Waals surface area contributed by atoms with Gasteiger partial charge in [-0.15, -0.1) is 11.3 Å². The number of carbonyl (C=O) groups excluding carboxylic acids is 2. The lowest BCUT2D eigenvalue weighted by molar-refractivity contribution is -0.139. The minimum absolute atomic E-state index is 0.227. The van der Waals surface area contributed by atoms with Crippen LogP contribution in [0.5, 0.6) is 0 Å². The molecule has 0 radical (unpaired) electrons. The van der Waals surface area contributed by atoms with Gasteiger partial charge in [0.15, 0.2) is 0 Å². The average Bonchev–Trinajstić information content (AvgIpc) is 3.09. The second-order valence-corrected chi connectivity index (χ2v) is 8.09. The first kappa shape index (κ1) is 20.7. The van der Waals surface area contributed by atoms with Crippen LogP contribution >= 0.6 is 11.3 Å². The van der Waals surface area contributed by atoms with E-state index in [4.69, 9.17) is 0 Å². The highest BCUT2D eigenvalue weighted by molar-refractivity contribution is 7.15. The van der Waals surface area contributed by atoms with Crippen molar-refractivity contribution in [3.63, 3.8) is 0 Å². The molecule has 2 aromatic carbocycles. The molecule has 150 valence electrons. The van der Waals surface area contributed by atoms with E-state index in [0.29, 0.717) is 13.0 Å². The van der Waals surface area contributed by atoms with Crippen molar-refractivity contribution >= 4 is 23.2 Å². The van der Waals surface area contributed by atoms with Gasteiger partial charge in [-0.3, -0.25) is 9.59 Å². The summed E-state index contributed by atoms with van der Waals surface area (Å²) in [5.74, 6) is -1.24. The van der Waals surface area contributed by atoms with Crippen LogP contribution in [0, 0.1) is 13.8 Å². The molecule has 0 aliphatic carbocycles. The van der Waals surface area contributed by atoms with E-state index in [0.717, 1.165) is 26.7 Å². The Balaban J connectivity index is 1.52. The van der Waals surface area contributed by atoms with E-state index in [-0.39, 0.29) is 6.04 Å². The smallest absolute Gasteiger partial charge is 0.309 e. The van der Waals surface area contributed by atoms with Crippen LogP contribution in [0.3, 0.4) is 0 Å². The van der Waals surface area contributed by atoms with Crippen LogP contribution in [0.4, 0.5) is 0 Å². The van der Waals surface area contributed by atoms with Crippen molar-refractivity contribution in [2.75, 3.05) is 6.54 Å². The fourth-order valence-corrected chi connectivity index (χ4v) is 4.08. The molecular formula is C23H25N3O2S. The highest BCUT2D eigenvalue weighted by atomic mass is 32.1. The largest absolute Gasteiger partial charge is 0.347 e. The zero-order valence-corrected chi connectivity index (χ0v) is 17.7. The Morgan fingerprint density at radius 1 is 1.03 bits per heavy atom. The molecule has 0 saturated heterocycles. The first-order valence-electron chi connectivity index (χ1n) is 9.61. The summed E-state index contributed by atoms with van der Waals surface area (Å²) in [5.41, 5.74) is 4.21. The van der Waals surface area contributed by atoms with Gasteiger partial charge in [-0.05, 0) is 32.4 Å². The molecule has 2 amide bonds. The molecule has 0 bridgehead atoms. The Morgan fingerprint density at radius 2 is 1.79 bits per heavy atom. The van der Waals surface area contributed by atoms with Crippen LogP contribution in [-0.2, 0) is 16.0 Å². The molecule has 1 unspecified atom stereocenters. The molecule has 3 aromatic rings. The fourth-order valence-electron chi connectivity index (χ4n) is 3.02. The zero-order valence-electron chi connectivity index (χ0n) is 16.9. The molecule has 29 heavy (non-hydrogen) atoms. The van der Waals surface area contributed by atoms with Gasteiger partial charge in [0.05, 0.1) is 11.7 Å². The number of nitrogens with zero attached hydrogens (tertiary/aromatic N) is 1. The molecule has 2 N–H and O–H groups in total. The van der Waals surface area contributed by atoms with E-state index in [9.17, 15) is 9.59 Å². The van der Waals surface area contributed by atoms with Gasteiger partial charge in [0, 0.05) is 23.4 Å². The van der Waals surface area contributed by atoms with Gasteiger partial charge < -0.3 is 10.6 Å². The summed E-state index contributed by atoms with van der Waals surface area (Å²) in [6.07, 6.45) is 0.641. The lowest BCUT2D eigenvalue weighted by Crippen LogP contribution is -2.41. The molecule has 5 nitrogen and oxygen atoms in total. The van der Waals surface area contributed by atoms with E-state index < -0.39 is 11.8 Å². The van der Waals surface area contributed by atoms with Gasteiger partial charge in [0.2, 0.25) is 0 Å². The Labute approximate surface area is 175 Å². The molecule has 3 rings (SSSR count). The van der Waals surface area contributed by atoms with Crippen molar-refractivity contribution in [3.05, 3.63) is 76.3 Å². The van der Waals surface area contributed by atoms with E-state index in [1.807, 2.05) is 50.2 Å². The summed E-state index contributed by atoms with van der Waals surface area (Å²) in [6, 6.07) is 17.6. The Kier molecular flexibility index (Phi) is 6.77. The van der Waals surface area contributed by atoms with Crippen LogP contribution in [0.25, 0.3) is 10.6 Å². The second kappa shape index (κ2) is 9.47. The molecule has 0 spiro atoms. The second-order valence-electron chi connectivity index (χ2n) is 7.01. The van der Waals surface area contributed by atoms with Gasteiger partial charge in [-0.1, -0.05) is 54.1 Å². The van der Waals surface area contributed by atoms with Gasteiger partial charge >= 0.3 is 11.8 Å². The molecule has 0 aliphatic heterocycles. The average molecular weight is 408 g/mol. The van der Waals surface area contributed by atoms with Gasteiger partial charge in [-0.2, -0.15) is 0 Å². The summed E-state index contributed by atoms with van der Waals surface area (Å²) in [5, 5.41) is 6.40. The maximum absolute atomic E-state index is 12.1. The number of hydrogen-bond acceptors (Lipinski definition) is 4. The predicted molar refractivity (Wildman–Crippen MR) is 117 cm³/mol. The minimum Gasteiger partial charge on any atom is -0.347 e. The molecule has 0 fully saturated rings. The summed E-state index contributed by atoms with van der Waals surface area (Å²) >= 11 is 1.63. The summed E-state index contributed by atoms with van der Waals surface area (Å²) in [4.78, 5) is 30.0. The molecule has 1 atom stereocenters. The third-order valence-corrected chi connectivity index (χ3v) is 5.91. The van der Waals surface area contributed by atoms with E-state index in [2.05, 4.69) is 40.7 Å². The van der Waals surface area contributed by atoms with E-state index in [1.54, 1.807) is 11.3 Å². The number of hydrogen-bond donors (Lipinski definition) is 2. The number of rotatable bonds is 6. The lowest BCUT2D eigenvalue weighted by atomic mass is 10.1. The third-order valence-electron chi connectivity index (χ3n) is 4.65. The van der Waals surface area contributed by atoms with Crippen LogP contribution in [0.1, 0.15) is 34.7 Å². The number of benzene rings is 2. The minimum atomic E-state index is -0.622. The van der Waals surface area contributed by atoms with Crippen LogP contribution < -0.4 is 10.6 Å². The van der Waals surface area contributed by atoms with Crippen molar-refractivity contribution in [2.45, 2.75) is 33.2 Å². The predicted octanol–water partition coefficient (Wildman–Crippen LogP) is 3.96. The van der Waals surface area contributed by atoms with Crippen molar-refractivity contribution in [2.24, 2.45) is 0 Å². The maximum Gasteiger partial charge on any atom is 0.309 e. The zero-order chi connectivity index (χ0) is 20.8. The highest BCUT2D eigenvalue weighted by Crippen LogP contribution is 2.28. The molecule has 6 heteroatoms. The number of aromatic nitrogens is 1. The van der Waals surface area contributed by atoms with Crippen molar-refractivity contribution < 1.29 is 9.59 Å². The van der Waals surface area contributed by atoms with Crippen LogP contribution in [0.15, 0.2) is 54.6 Å². The monoisotopic (exact) mass is 407 g/mol. The molecule has 1 heterocycles. The molecular weight excluding hydrogens is 382 g/mol. The number of carbonyl (C=O) groups is 2. The number of aryl methyl sites for hydroxylation is 2. The summed E-state index contributed by atoms with van der Waals surface area (Å²) < 4.78 is 0. The molecule has 0 saturated carbocycles. The first-order chi connectivity index (χ1) is 13.9. The van der Waals surface area contributed by atoms with Crippen LogP contribution in [-0.4, -0.2) is 23.3 Å². The molecule has 0 aliphatic rings. The normalized spacial score (nSPS) is 11.7. The lowest BCUT2D eigenvalue weighted by Gasteiger charge is -2.13. The van der Waals surface area contributed by atoms with Crippen molar-refractivity contribution in [1.29, 1.82) is 0 Å². The topological polar surface area (TPSA) is 71.1 Å². The van der Waals surface area contributed by atoms with E-state index >= 15 is 0 Å². The molecule has 1 aromatic heterocycles. The SMILES string of the molecule is Cc1cccc(-c2nc(C)c(CCNC(=O)C(=O)NC(C)c3ccccc3)s2)c1. The number of thiazole rings is 1. The summed E-state index contributed by atoms with van der Waals surface area (Å²) in [7, 11) is 0. The Bertz CT molecular complexity index is 998. The van der Waals surface area contributed by atoms with Crippen molar-refractivity contribution in [1.82, 2.24) is 15.6 Å². The quantitative estimate of drug-likeness (QED) is 0.608. The van der Waals surface area contributed by atoms with Gasteiger partial charge in [0.1, 0.15) is 5.01 Å². The van der Waals surface area contributed by atoms with E-state index in [1.165, 1.54) is 5.56 Å². The van der Waals surface area contributed by atoms with Gasteiger partial charge in [-0.25, -0.2) is 4.98 Å².